The van der Waals surface area contributed by atoms with Crippen molar-refractivity contribution in [2.24, 2.45) is 5.92 Å². The van der Waals surface area contributed by atoms with Crippen molar-refractivity contribution in [3.05, 3.63) is 48.7 Å². The van der Waals surface area contributed by atoms with Gasteiger partial charge in [-0.1, -0.05) is 6.08 Å². The van der Waals surface area contributed by atoms with E-state index in [-0.39, 0.29) is 0 Å². The van der Waals surface area contributed by atoms with Crippen molar-refractivity contribution < 1.29 is 0 Å². The highest BCUT2D eigenvalue weighted by atomic mass is 15.0. The Hall–Kier alpha value is -3.20. The van der Waals surface area contributed by atoms with Crippen LogP contribution in [0.5, 0.6) is 0 Å². The second-order valence-electron chi connectivity index (χ2n) is 5.55. The maximum absolute atomic E-state index is 9.26. The summed E-state index contributed by atoms with van der Waals surface area (Å²) < 4.78 is 0. The molecule has 0 bridgehead atoms. The standard InChI is InChI=1S/C17H14N6/c18-8-12(7-11-1-2-11)15-4-3-13(9-20-15)23-17-14-5-6-19-16(14)21-10-22-17/h3-7,9-11H,1-2H2,(H2,19,21,22,23)/b12-7-. The normalized spacial score (nSPS) is 14.7. The van der Waals surface area contributed by atoms with Gasteiger partial charge in [-0.15, -0.1) is 0 Å². The van der Waals surface area contributed by atoms with Gasteiger partial charge in [0.1, 0.15) is 23.9 Å². The van der Waals surface area contributed by atoms with Gasteiger partial charge < -0.3 is 10.3 Å². The third-order valence-corrected chi connectivity index (χ3v) is 3.80. The molecule has 1 fully saturated rings. The molecule has 1 aliphatic carbocycles. The van der Waals surface area contributed by atoms with Gasteiger partial charge in [-0.25, -0.2) is 9.97 Å². The topological polar surface area (TPSA) is 90.3 Å². The van der Waals surface area contributed by atoms with E-state index < -0.39 is 0 Å². The van der Waals surface area contributed by atoms with Gasteiger partial charge in [0.2, 0.25) is 0 Å². The quantitative estimate of drug-likeness (QED) is 0.721. The fourth-order valence-electron chi connectivity index (χ4n) is 2.41. The molecule has 0 unspecified atom stereocenters. The summed E-state index contributed by atoms with van der Waals surface area (Å²) in [5.41, 5.74) is 2.96. The lowest BCUT2D eigenvalue weighted by Crippen LogP contribution is -1.97. The van der Waals surface area contributed by atoms with E-state index in [4.69, 9.17) is 0 Å². The number of nitriles is 1. The van der Waals surface area contributed by atoms with E-state index in [1.165, 1.54) is 19.2 Å². The first kappa shape index (κ1) is 13.5. The molecule has 2 N–H and O–H groups in total. The minimum Gasteiger partial charge on any atom is -0.346 e. The number of hydrogen-bond donors (Lipinski definition) is 2. The summed E-state index contributed by atoms with van der Waals surface area (Å²) in [6.07, 6.45) is 9.41. The molecule has 0 atom stereocenters. The Morgan fingerprint density at radius 3 is 2.91 bits per heavy atom. The average molecular weight is 302 g/mol. The molecule has 1 aliphatic rings. The second-order valence-corrected chi connectivity index (χ2v) is 5.55. The number of rotatable bonds is 4. The summed E-state index contributed by atoms with van der Waals surface area (Å²) in [5, 5.41) is 13.4. The number of pyridine rings is 1. The van der Waals surface area contributed by atoms with Crippen LogP contribution in [0.2, 0.25) is 0 Å². The zero-order valence-electron chi connectivity index (χ0n) is 12.3. The van der Waals surface area contributed by atoms with Crippen LogP contribution in [0.25, 0.3) is 16.6 Å². The third-order valence-electron chi connectivity index (χ3n) is 3.80. The smallest absolute Gasteiger partial charge is 0.143 e. The maximum Gasteiger partial charge on any atom is 0.143 e. The summed E-state index contributed by atoms with van der Waals surface area (Å²) >= 11 is 0. The van der Waals surface area contributed by atoms with E-state index in [9.17, 15) is 5.26 Å². The minimum absolute atomic E-state index is 0.548. The molecule has 23 heavy (non-hydrogen) atoms. The van der Waals surface area contributed by atoms with Gasteiger partial charge in [-0.2, -0.15) is 5.26 Å². The summed E-state index contributed by atoms with van der Waals surface area (Å²) in [6.45, 7) is 0. The summed E-state index contributed by atoms with van der Waals surface area (Å²) in [5.74, 6) is 1.27. The number of hydrogen-bond acceptors (Lipinski definition) is 5. The molecular weight excluding hydrogens is 288 g/mol. The number of nitrogens with zero attached hydrogens (tertiary/aromatic N) is 4. The number of H-pyrrole nitrogens is 1. The van der Waals surface area contributed by atoms with Crippen molar-refractivity contribution in [1.29, 1.82) is 5.26 Å². The van der Waals surface area contributed by atoms with E-state index in [1.807, 2.05) is 30.5 Å². The Kier molecular flexibility index (Phi) is 3.24. The summed E-state index contributed by atoms with van der Waals surface area (Å²) in [7, 11) is 0. The van der Waals surface area contributed by atoms with E-state index in [2.05, 4.69) is 31.3 Å². The molecule has 0 aromatic carbocycles. The molecule has 4 rings (SSSR count). The third kappa shape index (κ3) is 2.77. The van der Waals surface area contributed by atoms with E-state index in [1.54, 1.807) is 6.20 Å². The highest BCUT2D eigenvalue weighted by Gasteiger charge is 2.20. The lowest BCUT2D eigenvalue weighted by atomic mass is 10.1. The lowest BCUT2D eigenvalue weighted by molar-refractivity contribution is 1.12. The number of fused-ring (bicyclic) bond motifs is 1. The van der Waals surface area contributed by atoms with Crippen molar-refractivity contribution in [2.45, 2.75) is 12.8 Å². The van der Waals surface area contributed by atoms with Crippen LogP contribution in [0.3, 0.4) is 0 Å². The van der Waals surface area contributed by atoms with Crippen molar-refractivity contribution in [1.82, 2.24) is 19.9 Å². The maximum atomic E-state index is 9.26. The summed E-state index contributed by atoms with van der Waals surface area (Å²) in [4.78, 5) is 15.9. The zero-order valence-corrected chi connectivity index (χ0v) is 12.3. The number of aromatic amines is 1. The fourth-order valence-corrected chi connectivity index (χ4v) is 2.41. The Labute approximate surface area is 132 Å². The number of anilines is 2. The Balaban J connectivity index is 1.59. The Bertz CT molecular complexity index is 912. The molecular formula is C17H14N6. The summed E-state index contributed by atoms with van der Waals surface area (Å²) in [6, 6.07) is 7.92. The molecule has 3 aromatic rings. The van der Waals surface area contributed by atoms with Crippen LogP contribution in [0.4, 0.5) is 11.5 Å². The van der Waals surface area contributed by atoms with Crippen LogP contribution < -0.4 is 5.32 Å². The van der Waals surface area contributed by atoms with Crippen LogP contribution >= 0.6 is 0 Å². The van der Waals surface area contributed by atoms with Crippen LogP contribution in [0.1, 0.15) is 18.5 Å². The minimum atomic E-state index is 0.548. The first-order valence-corrected chi connectivity index (χ1v) is 7.47. The number of aromatic nitrogens is 4. The molecule has 3 heterocycles. The highest BCUT2D eigenvalue weighted by Crippen LogP contribution is 2.33. The second kappa shape index (κ2) is 5.54. The molecule has 0 amide bonds. The fraction of sp³-hybridized carbons (Fsp3) is 0.176. The van der Waals surface area contributed by atoms with E-state index in [0.717, 1.165) is 22.5 Å². The van der Waals surface area contributed by atoms with Gasteiger partial charge >= 0.3 is 0 Å². The molecule has 0 radical (unpaired) electrons. The molecule has 1 saturated carbocycles. The van der Waals surface area contributed by atoms with Crippen molar-refractivity contribution in [3.63, 3.8) is 0 Å². The number of nitrogens with one attached hydrogen (secondary N) is 2. The molecule has 6 heteroatoms. The largest absolute Gasteiger partial charge is 0.346 e. The molecule has 3 aromatic heterocycles. The SMILES string of the molecule is N#C/C(=C/C1CC1)c1ccc(Nc2ncnc3[nH]ccc23)cn1. The van der Waals surface area contributed by atoms with E-state index >= 15 is 0 Å². The van der Waals surface area contributed by atoms with Gasteiger partial charge in [-0.3, -0.25) is 4.98 Å². The molecule has 112 valence electrons. The van der Waals surface area contributed by atoms with Gasteiger partial charge in [-0.05, 0) is 37.0 Å². The highest BCUT2D eigenvalue weighted by molar-refractivity contribution is 5.88. The first-order valence-electron chi connectivity index (χ1n) is 7.47. The zero-order chi connectivity index (χ0) is 15.6. The predicted octanol–water partition coefficient (Wildman–Crippen LogP) is 3.41. The number of allylic oxidation sites excluding steroid dienone is 2. The average Bonchev–Trinajstić information content (AvgIpc) is 3.27. The molecule has 0 saturated heterocycles. The lowest BCUT2D eigenvalue weighted by Gasteiger charge is -2.06. The molecule has 6 nitrogen and oxygen atoms in total. The van der Waals surface area contributed by atoms with Crippen LogP contribution in [0, 0.1) is 17.2 Å². The van der Waals surface area contributed by atoms with Gasteiger partial charge in [0.15, 0.2) is 0 Å². The molecule has 0 spiro atoms. The van der Waals surface area contributed by atoms with Crippen LogP contribution in [0.15, 0.2) is 43.0 Å². The Morgan fingerprint density at radius 2 is 2.17 bits per heavy atom. The predicted molar refractivity (Wildman–Crippen MR) is 87.7 cm³/mol. The molecule has 0 aliphatic heterocycles. The Morgan fingerprint density at radius 1 is 1.26 bits per heavy atom. The first-order chi connectivity index (χ1) is 11.3. The van der Waals surface area contributed by atoms with Gasteiger partial charge in [0.25, 0.3) is 0 Å². The van der Waals surface area contributed by atoms with Crippen LogP contribution in [-0.2, 0) is 0 Å². The van der Waals surface area contributed by atoms with Crippen molar-refractivity contribution in [3.8, 4) is 6.07 Å². The van der Waals surface area contributed by atoms with Crippen molar-refractivity contribution >= 4 is 28.1 Å². The van der Waals surface area contributed by atoms with Gasteiger partial charge in [0, 0.05) is 6.20 Å². The van der Waals surface area contributed by atoms with Crippen molar-refractivity contribution in [2.75, 3.05) is 5.32 Å². The van der Waals surface area contributed by atoms with Gasteiger partial charge in [0.05, 0.1) is 28.5 Å². The van der Waals surface area contributed by atoms with E-state index in [0.29, 0.717) is 17.2 Å². The van der Waals surface area contributed by atoms with Crippen LogP contribution in [-0.4, -0.2) is 19.9 Å². The monoisotopic (exact) mass is 302 g/mol.